The van der Waals surface area contributed by atoms with Gasteiger partial charge in [0.1, 0.15) is 6.07 Å². The Hall–Kier alpha value is -2.76. The SMILES string of the molecule is CCC1=C(C#N)C(c2cccc(C#N)c2Cl)c2c[nH]nc2N1. The number of H-pyrrole nitrogens is 1. The highest BCUT2D eigenvalue weighted by Gasteiger charge is 2.32. The van der Waals surface area contributed by atoms with Gasteiger partial charge in [0.05, 0.1) is 28.1 Å². The lowest BCUT2D eigenvalue weighted by molar-refractivity contribution is 0.907. The van der Waals surface area contributed by atoms with E-state index in [4.69, 9.17) is 11.6 Å². The molecule has 1 unspecified atom stereocenters. The summed E-state index contributed by atoms with van der Waals surface area (Å²) in [7, 11) is 0. The third-order valence-corrected chi connectivity index (χ3v) is 4.22. The molecule has 6 heteroatoms. The minimum atomic E-state index is -0.323. The Labute approximate surface area is 132 Å². The van der Waals surface area contributed by atoms with Crippen LogP contribution >= 0.6 is 11.6 Å². The van der Waals surface area contributed by atoms with Crippen LogP contribution in [0.2, 0.25) is 5.02 Å². The third kappa shape index (κ3) is 2.04. The summed E-state index contributed by atoms with van der Waals surface area (Å²) >= 11 is 6.38. The number of aromatic amines is 1. The van der Waals surface area contributed by atoms with E-state index in [9.17, 15) is 10.5 Å². The van der Waals surface area contributed by atoms with Crippen molar-refractivity contribution >= 4 is 17.4 Å². The van der Waals surface area contributed by atoms with Crippen LogP contribution in [0, 0.1) is 22.7 Å². The molecule has 1 aromatic carbocycles. The summed E-state index contributed by atoms with van der Waals surface area (Å²) < 4.78 is 0. The fourth-order valence-corrected chi connectivity index (χ4v) is 3.03. The van der Waals surface area contributed by atoms with Crippen molar-refractivity contribution in [3.05, 3.63) is 57.4 Å². The maximum Gasteiger partial charge on any atom is 0.156 e. The zero-order valence-electron chi connectivity index (χ0n) is 11.8. The smallest absolute Gasteiger partial charge is 0.156 e. The van der Waals surface area contributed by atoms with E-state index < -0.39 is 0 Å². The summed E-state index contributed by atoms with van der Waals surface area (Å²) in [6.07, 6.45) is 2.44. The number of benzene rings is 1. The molecule has 1 aliphatic rings. The van der Waals surface area contributed by atoms with E-state index in [1.54, 1.807) is 18.3 Å². The largest absolute Gasteiger partial charge is 0.341 e. The van der Waals surface area contributed by atoms with Gasteiger partial charge in [0.2, 0.25) is 0 Å². The van der Waals surface area contributed by atoms with Gasteiger partial charge in [-0.25, -0.2) is 0 Å². The van der Waals surface area contributed by atoms with Crippen LogP contribution < -0.4 is 5.32 Å². The van der Waals surface area contributed by atoms with Gasteiger partial charge in [-0.3, -0.25) is 5.10 Å². The van der Waals surface area contributed by atoms with E-state index in [-0.39, 0.29) is 5.92 Å². The number of halogens is 1. The second-order valence-corrected chi connectivity index (χ2v) is 5.30. The lowest BCUT2D eigenvalue weighted by Crippen LogP contribution is -2.17. The van der Waals surface area contributed by atoms with Crippen molar-refractivity contribution in [1.82, 2.24) is 10.2 Å². The number of allylic oxidation sites excluding steroid dienone is 2. The number of nitrogens with zero attached hydrogens (tertiary/aromatic N) is 3. The van der Waals surface area contributed by atoms with Gasteiger partial charge in [-0.1, -0.05) is 30.7 Å². The van der Waals surface area contributed by atoms with E-state index in [0.29, 0.717) is 28.4 Å². The van der Waals surface area contributed by atoms with E-state index in [1.165, 1.54) is 0 Å². The molecule has 0 aliphatic carbocycles. The molecule has 1 atom stereocenters. The van der Waals surface area contributed by atoms with E-state index in [0.717, 1.165) is 16.8 Å². The highest BCUT2D eigenvalue weighted by molar-refractivity contribution is 6.32. The first-order valence-corrected chi connectivity index (χ1v) is 7.21. The Morgan fingerprint density at radius 1 is 1.27 bits per heavy atom. The molecule has 2 heterocycles. The van der Waals surface area contributed by atoms with Gasteiger partial charge < -0.3 is 5.32 Å². The number of nitrogens with one attached hydrogen (secondary N) is 2. The van der Waals surface area contributed by atoms with Crippen molar-refractivity contribution in [1.29, 1.82) is 10.5 Å². The number of hydrogen-bond acceptors (Lipinski definition) is 4. The maximum atomic E-state index is 9.62. The first-order valence-electron chi connectivity index (χ1n) is 6.83. The fraction of sp³-hybridized carbons (Fsp3) is 0.188. The van der Waals surface area contributed by atoms with Crippen LogP contribution in [-0.2, 0) is 0 Å². The highest BCUT2D eigenvalue weighted by atomic mass is 35.5. The van der Waals surface area contributed by atoms with Crippen molar-refractivity contribution in [2.24, 2.45) is 0 Å². The molecular formula is C16H12ClN5. The third-order valence-electron chi connectivity index (χ3n) is 3.80. The normalized spacial score (nSPS) is 16.5. The molecule has 2 aromatic rings. The number of hydrogen-bond donors (Lipinski definition) is 2. The van der Waals surface area contributed by atoms with Crippen LogP contribution in [0.4, 0.5) is 5.82 Å². The van der Waals surface area contributed by atoms with Crippen LogP contribution in [0.1, 0.15) is 36.0 Å². The number of rotatable bonds is 2. The van der Waals surface area contributed by atoms with E-state index in [1.807, 2.05) is 13.0 Å². The van der Waals surface area contributed by atoms with Crippen molar-refractivity contribution in [3.8, 4) is 12.1 Å². The molecule has 108 valence electrons. The van der Waals surface area contributed by atoms with Crippen LogP contribution in [0.5, 0.6) is 0 Å². The molecule has 1 aliphatic heterocycles. The van der Waals surface area contributed by atoms with E-state index >= 15 is 0 Å². The summed E-state index contributed by atoms with van der Waals surface area (Å²) in [5.74, 6) is 0.370. The van der Waals surface area contributed by atoms with Gasteiger partial charge in [0.25, 0.3) is 0 Å². The standard InChI is InChI=1S/C16H12ClN5/c1-2-13-11(7-19)14(12-8-20-22-16(12)21-13)10-5-3-4-9(6-18)15(10)17/h3-5,8,14H,2H2,1H3,(H2,20,21,22). The molecule has 22 heavy (non-hydrogen) atoms. The van der Waals surface area contributed by atoms with Gasteiger partial charge >= 0.3 is 0 Å². The van der Waals surface area contributed by atoms with Crippen LogP contribution in [0.3, 0.4) is 0 Å². The Morgan fingerprint density at radius 3 is 2.77 bits per heavy atom. The molecule has 0 saturated heterocycles. The molecule has 0 amide bonds. The molecule has 0 bridgehead atoms. The van der Waals surface area contributed by atoms with Crippen LogP contribution in [0.25, 0.3) is 0 Å². The second-order valence-electron chi connectivity index (χ2n) is 4.93. The molecule has 0 saturated carbocycles. The number of aromatic nitrogens is 2. The molecule has 0 fully saturated rings. The average molecular weight is 310 g/mol. The van der Waals surface area contributed by atoms with Gasteiger partial charge in [-0.05, 0) is 18.1 Å². The Balaban J connectivity index is 2.27. The lowest BCUT2D eigenvalue weighted by atomic mass is 9.82. The predicted molar refractivity (Wildman–Crippen MR) is 83.2 cm³/mol. The quantitative estimate of drug-likeness (QED) is 0.885. The zero-order chi connectivity index (χ0) is 15.7. The second kappa shape index (κ2) is 5.55. The van der Waals surface area contributed by atoms with Crippen LogP contribution in [0.15, 0.2) is 35.7 Å². The molecule has 0 spiro atoms. The Morgan fingerprint density at radius 2 is 2.09 bits per heavy atom. The molecular weight excluding hydrogens is 298 g/mol. The summed E-state index contributed by atoms with van der Waals surface area (Å²) in [5, 5.41) is 29.4. The zero-order valence-corrected chi connectivity index (χ0v) is 12.6. The Kier molecular flexibility index (Phi) is 3.58. The van der Waals surface area contributed by atoms with Gasteiger partial charge in [0, 0.05) is 17.5 Å². The van der Waals surface area contributed by atoms with Crippen LogP contribution in [-0.4, -0.2) is 10.2 Å². The summed E-state index contributed by atoms with van der Waals surface area (Å²) in [6.45, 7) is 1.97. The monoisotopic (exact) mass is 309 g/mol. The van der Waals surface area contributed by atoms with Gasteiger partial charge in [-0.2, -0.15) is 15.6 Å². The molecule has 5 nitrogen and oxygen atoms in total. The number of anilines is 1. The number of nitriles is 2. The minimum Gasteiger partial charge on any atom is -0.341 e. The molecule has 0 radical (unpaired) electrons. The first kappa shape index (κ1) is 14.2. The topological polar surface area (TPSA) is 88.3 Å². The van der Waals surface area contributed by atoms with Gasteiger partial charge in [-0.15, -0.1) is 0 Å². The maximum absolute atomic E-state index is 9.62. The van der Waals surface area contributed by atoms with Crippen molar-refractivity contribution < 1.29 is 0 Å². The Bertz CT molecular complexity index is 850. The summed E-state index contributed by atoms with van der Waals surface area (Å²) in [4.78, 5) is 0. The highest BCUT2D eigenvalue weighted by Crippen LogP contribution is 2.43. The predicted octanol–water partition coefficient (Wildman–Crippen LogP) is 3.68. The lowest BCUT2D eigenvalue weighted by Gasteiger charge is -2.26. The van der Waals surface area contributed by atoms with Gasteiger partial charge in [0.15, 0.2) is 5.82 Å². The van der Waals surface area contributed by atoms with Crippen molar-refractivity contribution in [2.75, 3.05) is 5.32 Å². The molecule has 3 rings (SSSR count). The first-order chi connectivity index (χ1) is 10.7. The number of fused-ring (bicyclic) bond motifs is 1. The van der Waals surface area contributed by atoms with Crippen molar-refractivity contribution in [3.63, 3.8) is 0 Å². The summed E-state index contributed by atoms with van der Waals surface area (Å²) in [5.41, 5.74) is 3.43. The summed E-state index contributed by atoms with van der Waals surface area (Å²) in [6, 6.07) is 9.66. The molecule has 1 aromatic heterocycles. The minimum absolute atomic E-state index is 0.323. The molecule has 2 N–H and O–H groups in total. The van der Waals surface area contributed by atoms with Crippen molar-refractivity contribution in [2.45, 2.75) is 19.3 Å². The van der Waals surface area contributed by atoms with E-state index in [2.05, 4.69) is 27.7 Å². The average Bonchev–Trinajstić information content (AvgIpc) is 3.01. The fourth-order valence-electron chi connectivity index (χ4n) is 2.75.